The predicted molar refractivity (Wildman–Crippen MR) is 99.8 cm³/mol. The third-order valence-electron chi connectivity index (χ3n) is 4.55. The van der Waals surface area contributed by atoms with Crippen LogP contribution in [0.15, 0.2) is 24.3 Å². The van der Waals surface area contributed by atoms with Gasteiger partial charge >= 0.3 is 5.97 Å². The summed E-state index contributed by atoms with van der Waals surface area (Å²) in [5.41, 5.74) is 0. The van der Waals surface area contributed by atoms with E-state index in [1.54, 1.807) is 12.2 Å². The number of carboxylic acids is 1. The van der Waals surface area contributed by atoms with E-state index in [2.05, 4.69) is 6.92 Å². The van der Waals surface area contributed by atoms with E-state index in [0.717, 1.165) is 19.3 Å². The molecule has 1 rings (SSSR count). The van der Waals surface area contributed by atoms with Crippen molar-refractivity contribution in [2.75, 3.05) is 0 Å². The Kier molecular flexibility index (Phi) is 11.4. The van der Waals surface area contributed by atoms with E-state index in [-0.39, 0.29) is 6.42 Å². The van der Waals surface area contributed by atoms with Gasteiger partial charge in [-0.05, 0) is 25.7 Å². The van der Waals surface area contributed by atoms with Crippen LogP contribution in [0.1, 0.15) is 64.7 Å². The molecular formula is C20H34O6. The first-order valence-electron chi connectivity index (χ1n) is 9.68. The first-order chi connectivity index (χ1) is 12.4. The maximum atomic E-state index is 10.4. The monoisotopic (exact) mass is 370 g/mol. The number of hydrogen-bond acceptors (Lipinski definition) is 5. The minimum atomic E-state index is -0.804. The summed E-state index contributed by atoms with van der Waals surface area (Å²) < 4.78 is 5.71. The van der Waals surface area contributed by atoms with Gasteiger partial charge in [-0.2, -0.15) is 0 Å². The van der Waals surface area contributed by atoms with Crippen LogP contribution in [-0.4, -0.2) is 56.9 Å². The quantitative estimate of drug-likeness (QED) is 0.293. The van der Waals surface area contributed by atoms with E-state index >= 15 is 0 Å². The van der Waals surface area contributed by atoms with Crippen molar-refractivity contribution in [3.63, 3.8) is 0 Å². The summed E-state index contributed by atoms with van der Waals surface area (Å²) in [6.07, 6.45) is 10.2. The minimum absolute atomic E-state index is 0.142. The maximum Gasteiger partial charge on any atom is 0.303 e. The summed E-state index contributed by atoms with van der Waals surface area (Å²) in [6.45, 7) is 2.11. The second-order valence-electron chi connectivity index (χ2n) is 6.95. The molecule has 6 nitrogen and oxygen atoms in total. The van der Waals surface area contributed by atoms with Crippen molar-refractivity contribution in [3.05, 3.63) is 24.3 Å². The molecule has 26 heavy (non-hydrogen) atoms. The average molecular weight is 370 g/mol. The summed E-state index contributed by atoms with van der Waals surface area (Å²) in [4.78, 5) is 10.4. The number of aliphatic carboxylic acids is 1. The van der Waals surface area contributed by atoms with Crippen LogP contribution in [0.4, 0.5) is 0 Å². The summed E-state index contributed by atoms with van der Waals surface area (Å²) in [5, 5.41) is 38.7. The van der Waals surface area contributed by atoms with Gasteiger partial charge in [-0.25, -0.2) is 0 Å². The Balaban J connectivity index is 2.30. The Labute approximate surface area is 156 Å². The highest BCUT2D eigenvalue weighted by molar-refractivity contribution is 5.66. The Morgan fingerprint density at radius 3 is 2.69 bits per heavy atom. The van der Waals surface area contributed by atoms with E-state index in [1.807, 2.05) is 12.2 Å². The normalized spacial score (nSPS) is 25.9. The molecule has 0 aromatic rings. The highest BCUT2D eigenvalue weighted by atomic mass is 16.5. The summed E-state index contributed by atoms with van der Waals surface area (Å²) in [6, 6.07) is 0. The Bertz CT molecular complexity index is 448. The molecule has 0 aromatic carbocycles. The number of carboxylic acid groups (broad SMARTS) is 1. The third kappa shape index (κ3) is 9.48. The molecule has 0 amide bonds. The second kappa shape index (κ2) is 13.0. The van der Waals surface area contributed by atoms with Crippen molar-refractivity contribution in [2.24, 2.45) is 0 Å². The van der Waals surface area contributed by atoms with Crippen LogP contribution >= 0.6 is 0 Å². The lowest BCUT2D eigenvalue weighted by Crippen LogP contribution is -2.25. The second-order valence-corrected chi connectivity index (χ2v) is 6.95. The van der Waals surface area contributed by atoms with Crippen molar-refractivity contribution >= 4 is 5.97 Å². The number of hydrogen-bond donors (Lipinski definition) is 4. The van der Waals surface area contributed by atoms with E-state index in [0.29, 0.717) is 32.1 Å². The van der Waals surface area contributed by atoms with Crippen molar-refractivity contribution < 1.29 is 30.0 Å². The SMILES string of the molecule is CCCCC[C@@H](O)/C=C/[C@H]1O[C@@H]([C@@H](O)C/C=C\CCCC(=O)O)C[C@H]1O. The van der Waals surface area contributed by atoms with Crippen molar-refractivity contribution in [3.8, 4) is 0 Å². The summed E-state index contributed by atoms with van der Waals surface area (Å²) in [7, 11) is 0. The van der Waals surface area contributed by atoms with E-state index in [9.17, 15) is 20.1 Å². The third-order valence-corrected chi connectivity index (χ3v) is 4.55. The van der Waals surface area contributed by atoms with Crippen LogP contribution in [0.5, 0.6) is 0 Å². The molecule has 0 unspecified atom stereocenters. The molecule has 5 atom stereocenters. The highest BCUT2D eigenvalue weighted by Crippen LogP contribution is 2.25. The molecule has 0 bridgehead atoms. The molecule has 1 aliphatic heterocycles. The molecule has 4 N–H and O–H groups in total. The van der Waals surface area contributed by atoms with Gasteiger partial charge in [0.25, 0.3) is 0 Å². The van der Waals surface area contributed by atoms with Crippen molar-refractivity contribution in [2.45, 2.75) is 95.2 Å². The number of unbranched alkanes of at least 4 members (excludes halogenated alkanes) is 3. The molecule has 1 heterocycles. The van der Waals surface area contributed by atoms with Gasteiger partial charge in [-0.3, -0.25) is 4.79 Å². The zero-order valence-corrected chi connectivity index (χ0v) is 15.7. The van der Waals surface area contributed by atoms with E-state index in [4.69, 9.17) is 9.84 Å². The lowest BCUT2D eigenvalue weighted by molar-refractivity contribution is -0.137. The molecule has 0 radical (unpaired) electrons. The molecule has 0 saturated carbocycles. The number of allylic oxidation sites excluding steroid dienone is 1. The fraction of sp³-hybridized carbons (Fsp3) is 0.750. The van der Waals surface area contributed by atoms with Crippen LogP contribution in [0.25, 0.3) is 0 Å². The van der Waals surface area contributed by atoms with E-state index < -0.39 is 36.5 Å². The van der Waals surface area contributed by atoms with Crippen molar-refractivity contribution in [1.82, 2.24) is 0 Å². The number of rotatable bonds is 13. The fourth-order valence-electron chi connectivity index (χ4n) is 2.96. The van der Waals surface area contributed by atoms with Gasteiger partial charge in [-0.15, -0.1) is 0 Å². The first-order valence-corrected chi connectivity index (χ1v) is 9.68. The number of aliphatic hydroxyl groups excluding tert-OH is 3. The van der Waals surface area contributed by atoms with Crippen LogP contribution in [0.2, 0.25) is 0 Å². The van der Waals surface area contributed by atoms with Gasteiger partial charge in [0.05, 0.1) is 24.4 Å². The highest BCUT2D eigenvalue weighted by Gasteiger charge is 2.35. The van der Waals surface area contributed by atoms with E-state index in [1.165, 1.54) is 0 Å². The van der Waals surface area contributed by atoms with Crippen LogP contribution in [0, 0.1) is 0 Å². The zero-order valence-electron chi connectivity index (χ0n) is 15.7. The predicted octanol–water partition coefficient (Wildman–Crippen LogP) is 2.56. The molecule has 0 spiro atoms. The van der Waals surface area contributed by atoms with Gasteiger partial charge < -0.3 is 25.2 Å². The van der Waals surface area contributed by atoms with Gasteiger partial charge in [0.1, 0.15) is 6.10 Å². The van der Waals surface area contributed by atoms with Gasteiger partial charge in [0, 0.05) is 12.8 Å². The number of ether oxygens (including phenoxy) is 1. The standard InChI is InChI=1S/C20H34O6/c1-2-3-6-9-15(21)12-13-18-17(23)14-19(26-18)16(22)10-7-4-5-8-11-20(24)25/h4,7,12-13,15-19,21-23H,2-3,5-6,8-11,14H2,1H3,(H,24,25)/b7-4-,13-12+/t15-,16+,17-,18-,19-/m1/s1. The van der Waals surface area contributed by atoms with Crippen LogP contribution < -0.4 is 0 Å². The van der Waals surface area contributed by atoms with Crippen molar-refractivity contribution in [1.29, 1.82) is 0 Å². The Morgan fingerprint density at radius 2 is 2.00 bits per heavy atom. The Hall–Kier alpha value is -1.21. The molecule has 1 saturated heterocycles. The summed E-state index contributed by atoms with van der Waals surface area (Å²) in [5.74, 6) is -0.804. The topological polar surface area (TPSA) is 107 Å². The summed E-state index contributed by atoms with van der Waals surface area (Å²) >= 11 is 0. The molecular weight excluding hydrogens is 336 g/mol. The van der Waals surface area contributed by atoms with Gasteiger partial charge in [-0.1, -0.05) is 50.5 Å². The van der Waals surface area contributed by atoms with Crippen LogP contribution in [0.3, 0.4) is 0 Å². The lowest BCUT2D eigenvalue weighted by atomic mass is 10.0. The molecule has 150 valence electrons. The lowest BCUT2D eigenvalue weighted by Gasteiger charge is -2.16. The van der Waals surface area contributed by atoms with Gasteiger partial charge in [0.2, 0.25) is 0 Å². The molecule has 1 fully saturated rings. The maximum absolute atomic E-state index is 10.4. The molecule has 0 aliphatic carbocycles. The number of carbonyl (C=O) groups is 1. The zero-order chi connectivity index (χ0) is 19.4. The van der Waals surface area contributed by atoms with Gasteiger partial charge in [0.15, 0.2) is 0 Å². The molecule has 6 heteroatoms. The Morgan fingerprint density at radius 1 is 1.23 bits per heavy atom. The fourth-order valence-corrected chi connectivity index (χ4v) is 2.96. The molecule has 0 aromatic heterocycles. The van der Waals surface area contributed by atoms with Crippen LogP contribution in [-0.2, 0) is 9.53 Å². The average Bonchev–Trinajstić information content (AvgIpc) is 2.97. The molecule has 1 aliphatic rings. The number of aliphatic hydroxyl groups is 3. The smallest absolute Gasteiger partial charge is 0.303 e. The first kappa shape index (κ1) is 22.8. The largest absolute Gasteiger partial charge is 0.481 e. The minimum Gasteiger partial charge on any atom is -0.481 e.